The van der Waals surface area contributed by atoms with Crippen LogP contribution in [0.25, 0.3) is 0 Å². The second-order valence-corrected chi connectivity index (χ2v) is 8.03. The van der Waals surface area contributed by atoms with Crippen LogP contribution >= 0.6 is 23.4 Å². The highest BCUT2D eigenvalue weighted by Crippen LogP contribution is 2.26. The van der Waals surface area contributed by atoms with E-state index < -0.39 is 0 Å². The molecule has 2 aromatic carbocycles. The van der Waals surface area contributed by atoms with Gasteiger partial charge in [-0.15, -0.1) is 11.8 Å². The maximum atomic E-state index is 12.0. The number of hydrogen-bond acceptors (Lipinski definition) is 2. The molecule has 1 amide bonds. The highest BCUT2D eigenvalue weighted by atomic mass is 35.5. The Hall–Kier alpha value is -1.45. The van der Waals surface area contributed by atoms with Gasteiger partial charge in [-0.3, -0.25) is 4.79 Å². The maximum absolute atomic E-state index is 12.0. The van der Waals surface area contributed by atoms with Gasteiger partial charge < -0.3 is 5.32 Å². The quantitative estimate of drug-likeness (QED) is 0.721. The van der Waals surface area contributed by atoms with E-state index in [-0.39, 0.29) is 11.3 Å². The van der Waals surface area contributed by atoms with Crippen molar-refractivity contribution in [2.75, 3.05) is 11.1 Å². The van der Waals surface area contributed by atoms with E-state index in [0.29, 0.717) is 10.8 Å². The number of thioether (sulfide) groups is 1. The van der Waals surface area contributed by atoms with Crippen LogP contribution in [0, 0.1) is 6.92 Å². The van der Waals surface area contributed by atoms with Crippen LogP contribution in [0.15, 0.2) is 47.4 Å². The first-order valence-corrected chi connectivity index (χ1v) is 8.91. The molecule has 122 valence electrons. The standard InChI is InChI=1S/C19H22ClNOS/c1-13-5-8-15(11-17(13)20)21-18(22)12-23-16-9-6-14(7-10-16)19(2,3)4/h5-11H,12H2,1-4H3,(H,21,22). The molecular formula is C19H22ClNOS. The molecule has 0 unspecified atom stereocenters. The number of benzene rings is 2. The first-order chi connectivity index (χ1) is 10.8. The molecule has 2 rings (SSSR count). The van der Waals surface area contributed by atoms with Crippen molar-refractivity contribution in [1.29, 1.82) is 0 Å². The number of halogens is 1. The first kappa shape index (κ1) is 17.9. The van der Waals surface area contributed by atoms with Crippen molar-refractivity contribution >= 4 is 35.0 Å². The topological polar surface area (TPSA) is 29.1 Å². The molecule has 0 aliphatic heterocycles. The molecule has 0 fully saturated rings. The molecule has 0 saturated heterocycles. The Morgan fingerprint density at radius 1 is 1.13 bits per heavy atom. The molecule has 0 aliphatic carbocycles. The van der Waals surface area contributed by atoms with Crippen LogP contribution in [0.1, 0.15) is 31.9 Å². The summed E-state index contributed by atoms with van der Waals surface area (Å²) < 4.78 is 0. The molecule has 2 nitrogen and oxygen atoms in total. The minimum Gasteiger partial charge on any atom is -0.325 e. The lowest BCUT2D eigenvalue weighted by molar-refractivity contribution is -0.113. The number of rotatable bonds is 4. The summed E-state index contributed by atoms with van der Waals surface area (Å²) in [6, 6.07) is 13.9. The van der Waals surface area contributed by atoms with Gasteiger partial charge in [0.1, 0.15) is 0 Å². The third-order valence-corrected chi connectivity index (χ3v) is 4.97. The number of carbonyl (C=O) groups is 1. The summed E-state index contributed by atoms with van der Waals surface area (Å²) in [5.41, 5.74) is 3.17. The zero-order valence-electron chi connectivity index (χ0n) is 13.9. The van der Waals surface area contributed by atoms with E-state index in [1.165, 1.54) is 17.3 Å². The predicted molar refractivity (Wildman–Crippen MR) is 101 cm³/mol. The largest absolute Gasteiger partial charge is 0.325 e. The van der Waals surface area contributed by atoms with Gasteiger partial charge >= 0.3 is 0 Å². The number of hydrogen-bond donors (Lipinski definition) is 1. The molecular weight excluding hydrogens is 326 g/mol. The summed E-state index contributed by atoms with van der Waals surface area (Å²) in [5, 5.41) is 3.53. The highest BCUT2D eigenvalue weighted by molar-refractivity contribution is 8.00. The van der Waals surface area contributed by atoms with Gasteiger partial charge in [0.25, 0.3) is 0 Å². The Labute approximate surface area is 147 Å². The van der Waals surface area contributed by atoms with Crippen LogP contribution in [0.2, 0.25) is 5.02 Å². The summed E-state index contributed by atoms with van der Waals surface area (Å²) >= 11 is 7.59. The summed E-state index contributed by atoms with van der Waals surface area (Å²) in [6.45, 7) is 8.50. The number of nitrogens with one attached hydrogen (secondary N) is 1. The molecule has 0 bridgehead atoms. The van der Waals surface area contributed by atoms with E-state index in [9.17, 15) is 4.79 Å². The van der Waals surface area contributed by atoms with Gasteiger partial charge in [0.15, 0.2) is 0 Å². The molecule has 4 heteroatoms. The van der Waals surface area contributed by atoms with Crippen molar-refractivity contribution in [2.24, 2.45) is 0 Å². The van der Waals surface area contributed by atoms with Gasteiger partial charge in [0.2, 0.25) is 5.91 Å². The average Bonchev–Trinajstić information content (AvgIpc) is 2.48. The van der Waals surface area contributed by atoms with Crippen LogP contribution in [-0.4, -0.2) is 11.7 Å². The lowest BCUT2D eigenvalue weighted by Gasteiger charge is -2.19. The highest BCUT2D eigenvalue weighted by Gasteiger charge is 2.13. The van der Waals surface area contributed by atoms with E-state index in [2.05, 4.69) is 50.4 Å². The van der Waals surface area contributed by atoms with Crippen LogP contribution < -0.4 is 5.32 Å². The fraction of sp³-hybridized carbons (Fsp3) is 0.316. The second-order valence-electron chi connectivity index (χ2n) is 6.58. The zero-order valence-corrected chi connectivity index (χ0v) is 15.5. The lowest BCUT2D eigenvalue weighted by atomic mass is 9.87. The van der Waals surface area contributed by atoms with Gasteiger partial charge in [-0.05, 0) is 47.7 Å². The zero-order chi connectivity index (χ0) is 17.0. The molecule has 0 atom stereocenters. The Balaban J connectivity index is 1.90. The Morgan fingerprint density at radius 3 is 2.35 bits per heavy atom. The van der Waals surface area contributed by atoms with E-state index in [4.69, 9.17) is 11.6 Å². The van der Waals surface area contributed by atoms with E-state index in [1.54, 1.807) is 6.07 Å². The summed E-state index contributed by atoms with van der Waals surface area (Å²) in [4.78, 5) is 13.1. The average molecular weight is 348 g/mol. The van der Waals surface area contributed by atoms with Crippen LogP contribution in [-0.2, 0) is 10.2 Å². The van der Waals surface area contributed by atoms with E-state index >= 15 is 0 Å². The molecule has 2 aromatic rings. The van der Waals surface area contributed by atoms with Gasteiger partial charge in [-0.1, -0.05) is 50.6 Å². The molecule has 1 N–H and O–H groups in total. The molecule has 0 saturated carbocycles. The van der Waals surface area contributed by atoms with Gasteiger partial charge in [-0.25, -0.2) is 0 Å². The molecule has 0 heterocycles. The fourth-order valence-corrected chi connectivity index (χ4v) is 2.95. The molecule has 23 heavy (non-hydrogen) atoms. The number of carbonyl (C=O) groups excluding carboxylic acids is 1. The van der Waals surface area contributed by atoms with Crippen molar-refractivity contribution in [3.8, 4) is 0 Å². The minimum atomic E-state index is -0.0326. The monoisotopic (exact) mass is 347 g/mol. The number of aryl methyl sites for hydroxylation is 1. The fourth-order valence-electron chi connectivity index (χ4n) is 2.07. The molecule has 0 aromatic heterocycles. The van der Waals surface area contributed by atoms with Crippen LogP contribution in [0.5, 0.6) is 0 Å². The SMILES string of the molecule is Cc1ccc(NC(=O)CSc2ccc(C(C)(C)C)cc2)cc1Cl. The molecule has 0 aliphatic rings. The van der Waals surface area contributed by atoms with Crippen LogP contribution in [0.4, 0.5) is 5.69 Å². The summed E-state index contributed by atoms with van der Waals surface area (Å²) in [7, 11) is 0. The Bertz CT molecular complexity index is 690. The summed E-state index contributed by atoms with van der Waals surface area (Å²) in [5.74, 6) is 0.343. The summed E-state index contributed by atoms with van der Waals surface area (Å²) in [6.07, 6.45) is 0. The van der Waals surface area contributed by atoms with Gasteiger partial charge in [0, 0.05) is 15.6 Å². The van der Waals surface area contributed by atoms with Crippen molar-refractivity contribution in [3.63, 3.8) is 0 Å². The maximum Gasteiger partial charge on any atom is 0.234 e. The lowest BCUT2D eigenvalue weighted by Crippen LogP contribution is -2.14. The van der Waals surface area contributed by atoms with Crippen LogP contribution in [0.3, 0.4) is 0 Å². The normalized spacial score (nSPS) is 11.3. The minimum absolute atomic E-state index is 0.0326. The Morgan fingerprint density at radius 2 is 1.78 bits per heavy atom. The van der Waals surface area contributed by atoms with Crippen molar-refractivity contribution in [3.05, 3.63) is 58.6 Å². The van der Waals surface area contributed by atoms with Crippen molar-refractivity contribution < 1.29 is 4.79 Å². The smallest absolute Gasteiger partial charge is 0.234 e. The third-order valence-electron chi connectivity index (χ3n) is 3.55. The number of amides is 1. The van der Waals surface area contributed by atoms with Crippen molar-refractivity contribution in [2.45, 2.75) is 38.0 Å². The first-order valence-electron chi connectivity index (χ1n) is 7.55. The van der Waals surface area contributed by atoms with Crippen molar-refractivity contribution in [1.82, 2.24) is 0 Å². The Kier molecular flexibility index (Phi) is 5.77. The second kappa shape index (κ2) is 7.41. The van der Waals surface area contributed by atoms with E-state index in [0.717, 1.165) is 16.1 Å². The van der Waals surface area contributed by atoms with Gasteiger partial charge in [0.05, 0.1) is 5.75 Å². The number of anilines is 1. The predicted octanol–water partition coefficient (Wildman–Crippen LogP) is 5.68. The van der Waals surface area contributed by atoms with Gasteiger partial charge in [-0.2, -0.15) is 0 Å². The van der Waals surface area contributed by atoms with E-state index in [1.807, 2.05) is 19.1 Å². The third kappa shape index (κ3) is 5.29. The molecule has 0 spiro atoms. The molecule has 0 radical (unpaired) electrons.